The molecule has 1 N–H and O–H groups in total. The molecule has 33 heavy (non-hydrogen) atoms. The van der Waals surface area contributed by atoms with Gasteiger partial charge in [-0.1, -0.05) is 11.2 Å². The van der Waals surface area contributed by atoms with Gasteiger partial charge < -0.3 is 14.6 Å². The van der Waals surface area contributed by atoms with E-state index in [0.29, 0.717) is 11.5 Å². The molecule has 3 heterocycles. The summed E-state index contributed by atoms with van der Waals surface area (Å²) in [6, 6.07) is 7.34. The van der Waals surface area contributed by atoms with Crippen molar-refractivity contribution in [3.8, 4) is 16.9 Å². The van der Waals surface area contributed by atoms with E-state index in [4.69, 9.17) is 14.2 Å². The number of aryl methyl sites for hydroxylation is 3. The maximum Gasteiger partial charge on any atom is 0.455 e. The number of aromatic nitrogens is 5. The molecule has 0 fully saturated rings. The Labute approximate surface area is 187 Å². The van der Waals surface area contributed by atoms with Crippen molar-refractivity contribution in [2.45, 2.75) is 46.3 Å². The summed E-state index contributed by atoms with van der Waals surface area (Å²) in [6.45, 7) is 7.59. The normalized spacial score (nSPS) is 12.8. The molecule has 0 aliphatic heterocycles. The molecule has 0 amide bonds. The van der Waals surface area contributed by atoms with E-state index in [2.05, 4.69) is 20.6 Å². The number of ether oxygens (including phenoxy) is 1. The number of halogens is 3. The molecule has 4 rings (SSSR count). The maximum absolute atomic E-state index is 12.7. The standard InChI is InChI=1S/C22H23F3N6O2/c1-11-8-15(32-5)6-7-16(11)19-14(4)29-31-17(9-12(2)27-20(19)31)26-13(3)10-18-28-21(30-33-18)22(23,24)25/h6-9,13,26H,10H2,1-5H3. The van der Waals surface area contributed by atoms with E-state index in [-0.39, 0.29) is 18.4 Å². The van der Waals surface area contributed by atoms with E-state index < -0.39 is 12.0 Å². The molecule has 0 saturated carbocycles. The summed E-state index contributed by atoms with van der Waals surface area (Å²) in [7, 11) is 1.62. The third kappa shape index (κ3) is 4.48. The average Bonchev–Trinajstić information content (AvgIpc) is 3.32. The molecule has 1 atom stereocenters. The number of fused-ring (bicyclic) bond motifs is 1. The largest absolute Gasteiger partial charge is 0.497 e. The summed E-state index contributed by atoms with van der Waals surface area (Å²) in [5.41, 5.74) is 5.15. The van der Waals surface area contributed by atoms with Gasteiger partial charge in [-0.25, -0.2) is 4.98 Å². The van der Waals surface area contributed by atoms with Crippen LogP contribution in [0.4, 0.5) is 19.0 Å². The van der Waals surface area contributed by atoms with Crippen LogP contribution in [0.1, 0.15) is 35.6 Å². The van der Waals surface area contributed by atoms with Gasteiger partial charge >= 0.3 is 6.18 Å². The van der Waals surface area contributed by atoms with Crippen molar-refractivity contribution >= 4 is 11.5 Å². The number of alkyl halides is 3. The predicted octanol–water partition coefficient (Wildman–Crippen LogP) is 4.78. The van der Waals surface area contributed by atoms with Gasteiger partial charge in [-0.2, -0.15) is 27.8 Å². The van der Waals surface area contributed by atoms with Crippen LogP contribution in [0.2, 0.25) is 0 Å². The van der Waals surface area contributed by atoms with Gasteiger partial charge in [0.05, 0.1) is 12.8 Å². The van der Waals surface area contributed by atoms with Gasteiger partial charge in [-0.3, -0.25) is 0 Å². The lowest BCUT2D eigenvalue weighted by Gasteiger charge is -2.15. The lowest BCUT2D eigenvalue weighted by molar-refractivity contribution is -0.146. The molecule has 0 radical (unpaired) electrons. The lowest BCUT2D eigenvalue weighted by atomic mass is 10.0. The fraction of sp³-hybridized carbons (Fsp3) is 0.364. The minimum Gasteiger partial charge on any atom is -0.497 e. The molecule has 1 aromatic carbocycles. The number of anilines is 1. The third-order valence-electron chi connectivity index (χ3n) is 5.19. The molecule has 0 aliphatic carbocycles. The Hall–Kier alpha value is -3.63. The lowest BCUT2D eigenvalue weighted by Crippen LogP contribution is -2.21. The van der Waals surface area contributed by atoms with Crippen LogP contribution in [0, 0.1) is 20.8 Å². The van der Waals surface area contributed by atoms with E-state index in [9.17, 15) is 13.2 Å². The summed E-state index contributed by atoms with van der Waals surface area (Å²) in [5.74, 6) is 0.0334. The minimum absolute atomic E-state index is 0.101. The number of hydrogen-bond acceptors (Lipinski definition) is 7. The molecule has 0 bridgehead atoms. The van der Waals surface area contributed by atoms with Gasteiger partial charge in [-0.05, 0) is 51.0 Å². The van der Waals surface area contributed by atoms with Crippen molar-refractivity contribution in [3.63, 3.8) is 0 Å². The van der Waals surface area contributed by atoms with E-state index in [1.165, 1.54) is 0 Å². The zero-order valence-electron chi connectivity index (χ0n) is 18.8. The van der Waals surface area contributed by atoms with E-state index in [1.807, 2.05) is 52.0 Å². The highest BCUT2D eigenvalue weighted by atomic mass is 19.4. The molecule has 0 spiro atoms. The Morgan fingerprint density at radius 3 is 2.55 bits per heavy atom. The highest BCUT2D eigenvalue weighted by molar-refractivity contribution is 5.83. The SMILES string of the molecule is COc1ccc(-c2c(C)nn3c(NC(C)Cc4nc(C(F)(F)F)no4)cc(C)nc23)c(C)c1. The molecule has 174 valence electrons. The van der Waals surface area contributed by atoms with Gasteiger partial charge in [-0.15, -0.1) is 0 Å². The van der Waals surface area contributed by atoms with Crippen LogP contribution < -0.4 is 10.1 Å². The van der Waals surface area contributed by atoms with Crippen LogP contribution in [0.3, 0.4) is 0 Å². The van der Waals surface area contributed by atoms with Crippen LogP contribution >= 0.6 is 0 Å². The number of rotatable bonds is 6. The predicted molar refractivity (Wildman–Crippen MR) is 115 cm³/mol. The zero-order chi connectivity index (χ0) is 23.9. The first kappa shape index (κ1) is 22.6. The van der Waals surface area contributed by atoms with Gasteiger partial charge in [0.1, 0.15) is 11.6 Å². The number of nitrogens with zero attached hydrogens (tertiary/aromatic N) is 5. The van der Waals surface area contributed by atoms with Crippen LogP contribution in [0.5, 0.6) is 5.75 Å². The number of benzene rings is 1. The summed E-state index contributed by atoms with van der Waals surface area (Å²) < 4.78 is 50.0. The Morgan fingerprint density at radius 1 is 1.15 bits per heavy atom. The monoisotopic (exact) mass is 460 g/mol. The van der Waals surface area contributed by atoms with Crippen LogP contribution in [0.25, 0.3) is 16.8 Å². The molecule has 0 aliphatic rings. The van der Waals surface area contributed by atoms with Gasteiger partial charge in [0, 0.05) is 29.8 Å². The van der Waals surface area contributed by atoms with Crippen molar-refractivity contribution in [1.82, 2.24) is 24.7 Å². The van der Waals surface area contributed by atoms with E-state index in [0.717, 1.165) is 33.8 Å². The molecule has 8 nitrogen and oxygen atoms in total. The van der Waals surface area contributed by atoms with Crippen molar-refractivity contribution in [1.29, 1.82) is 0 Å². The van der Waals surface area contributed by atoms with Crippen LogP contribution in [-0.2, 0) is 12.6 Å². The fourth-order valence-electron chi connectivity index (χ4n) is 3.72. The second kappa shape index (κ2) is 8.38. The van der Waals surface area contributed by atoms with Crippen LogP contribution in [-0.4, -0.2) is 37.9 Å². The third-order valence-corrected chi connectivity index (χ3v) is 5.19. The van der Waals surface area contributed by atoms with Gasteiger partial charge in [0.25, 0.3) is 5.82 Å². The Morgan fingerprint density at radius 2 is 1.91 bits per heavy atom. The van der Waals surface area contributed by atoms with Crippen molar-refractivity contribution < 1.29 is 22.4 Å². The summed E-state index contributed by atoms with van der Waals surface area (Å²) in [4.78, 5) is 8.14. The molecule has 11 heteroatoms. The molecule has 0 saturated heterocycles. The highest BCUT2D eigenvalue weighted by Crippen LogP contribution is 2.33. The Kier molecular flexibility index (Phi) is 5.73. The molecule has 3 aromatic heterocycles. The molecule has 4 aromatic rings. The van der Waals surface area contributed by atoms with Crippen LogP contribution in [0.15, 0.2) is 28.8 Å². The summed E-state index contributed by atoms with van der Waals surface area (Å²) in [5, 5.41) is 11.0. The minimum atomic E-state index is -4.64. The number of methoxy groups -OCH3 is 1. The molecular formula is C22H23F3N6O2. The maximum atomic E-state index is 12.7. The van der Waals surface area contributed by atoms with E-state index >= 15 is 0 Å². The fourth-order valence-corrected chi connectivity index (χ4v) is 3.72. The highest BCUT2D eigenvalue weighted by Gasteiger charge is 2.37. The average molecular weight is 460 g/mol. The van der Waals surface area contributed by atoms with Crippen molar-refractivity contribution in [2.24, 2.45) is 0 Å². The first-order chi connectivity index (χ1) is 15.6. The quantitative estimate of drug-likeness (QED) is 0.443. The number of nitrogens with one attached hydrogen (secondary N) is 1. The first-order valence-corrected chi connectivity index (χ1v) is 10.2. The Bertz CT molecular complexity index is 1310. The topological polar surface area (TPSA) is 90.4 Å². The molecule has 1 unspecified atom stereocenters. The second-order valence-corrected chi connectivity index (χ2v) is 7.92. The second-order valence-electron chi connectivity index (χ2n) is 7.92. The first-order valence-electron chi connectivity index (χ1n) is 10.2. The van der Waals surface area contributed by atoms with Gasteiger partial charge in [0.2, 0.25) is 5.89 Å². The van der Waals surface area contributed by atoms with Crippen molar-refractivity contribution in [2.75, 3.05) is 12.4 Å². The van der Waals surface area contributed by atoms with Gasteiger partial charge in [0.15, 0.2) is 5.65 Å². The Balaban J connectivity index is 1.67. The zero-order valence-corrected chi connectivity index (χ0v) is 18.8. The summed E-state index contributed by atoms with van der Waals surface area (Å²) >= 11 is 0. The van der Waals surface area contributed by atoms with Crippen molar-refractivity contribution in [3.05, 3.63) is 52.9 Å². The summed E-state index contributed by atoms with van der Waals surface area (Å²) in [6.07, 6.45) is -4.54. The molecular weight excluding hydrogens is 437 g/mol. The number of hydrogen-bond donors (Lipinski definition) is 1. The van der Waals surface area contributed by atoms with E-state index in [1.54, 1.807) is 11.6 Å². The smallest absolute Gasteiger partial charge is 0.455 e.